The molecule has 1 unspecified atom stereocenters. The molecule has 0 aromatic rings. The third-order valence-electron chi connectivity index (χ3n) is 11.9. The van der Waals surface area contributed by atoms with Crippen LogP contribution >= 0.6 is 0 Å². The number of carbonyl (C=O) groups is 4. The first-order chi connectivity index (χ1) is 32.1. The van der Waals surface area contributed by atoms with E-state index >= 15 is 0 Å². The maximum atomic E-state index is 12.6. The summed E-state index contributed by atoms with van der Waals surface area (Å²) in [5.74, 6) is -3.05. The quantitative estimate of drug-likeness (QED) is 0.0643. The number of aliphatic hydroxyl groups is 13. The average Bonchev–Trinajstić information content (AvgIpc) is 3.28. The molecule has 0 aromatic carbocycles. The van der Waals surface area contributed by atoms with Crippen LogP contribution in [0.5, 0.6) is 0 Å². The van der Waals surface area contributed by atoms with Gasteiger partial charge in [0, 0.05) is 27.7 Å². The lowest BCUT2D eigenvalue weighted by atomic mass is 9.93. The van der Waals surface area contributed by atoms with Gasteiger partial charge in [-0.1, -0.05) is 0 Å². The zero-order chi connectivity index (χ0) is 50.5. The number of amides is 4. The van der Waals surface area contributed by atoms with Gasteiger partial charge >= 0.3 is 0 Å². The van der Waals surface area contributed by atoms with Crippen LogP contribution in [0.25, 0.3) is 0 Å². The molecular weight excluding hydrogens is 928 g/mol. The van der Waals surface area contributed by atoms with Crippen LogP contribution in [0.2, 0.25) is 0 Å². The highest BCUT2D eigenvalue weighted by atomic mass is 16.8. The lowest BCUT2D eigenvalue weighted by Gasteiger charge is -2.51. The van der Waals surface area contributed by atoms with Gasteiger partial charge in [-0.05, 0) is 0 Å². The summed E-state index contributed by atoms with van der Waals surface area (Å²) in [4.78, 5) is 49.3. The second kappa shape index (κ2) is 24.4. The van der Waals surface area contributed by atoms with E-state index < -0.39 is 210 Å². The molecule has 68 heavy (non-hydrogen) atoms. The standard InChI is InChI=1S/C38H64N4O26/c1-10(48)39-19-24(53)30(15(6-44)60-34(19)59)65-35-20(40-11(2)49)25(54)31(16(7-45)62-35)66-36-21(41-12(3)50)26(55)32(17(8-46)63-36)67-37-22(42-13(4)51)27(56)33(18(9-47)64-37)68-38-29(58)28(57)23(52)14(5-43)61-38/h14-38,43-47,52-59H,5-9H2,1-4H3,(H,39,48)(H,40,49)(H,41,50)(H,42,51)/t14-,15-,16-,17-,18-,19-,20-,21-,22-,23+,24-,25-,26-,27-,28+,29-,30-,31-,32-,33-,34?,35+,36+,37+,38+/m1/s1. The number of hydrogen-bond acceptors (Lipinski definition) is 26. The lowest BCUT2D eigenvalue weighted by molar-refractivity contribution is -0.370. The van der Waals surface area contributed by atoms with Crippen molar-refractivity contribution in [2.24, 2.45) is 0 Å². The first-order valence-corrected chi connectivity index (χ1v) is 21.6. The fraction of sp³-hybridized carbons (Fsp3) is 0.895. The van der Waals surface area contributed by atoms with E-state index in [1.807, 2.05) is 0 Å². The number of aliphatic hydroxyl groups excluding tert-OH is 13. The highest BCUT2D eigenvalue weighted by Gasteiger charge is 2.57. The molecule has 5 fully saturated rings. The third-order valence-corrected chi connectivity index (χ3v) is 11.9. The summed E-state index contributed by atoms with van der Waals surface area (Å²) in [5.41, 5.74) is 0. The van der Waals surface area contributed by atoms with Gasteiger partial charge in [0.05, 0.1) is 33.0 Å². The molecule has 4 amide bonds. The predicted molar refractivity (Wildman–Crippen MR) is 213 cm³/mol. The molecular formula is C38H64N4O26. The van der Waals surface area contributed by atoms with E-state index in [2.05, 4.69) is 21.3 Å². The zero-order valence-electron chi connectivity index (χ0n) is 37.1. The van der Waals surface area contributed by atoms with Crippen molar-refractivity contribution in [2.75, 3.05) is 33.0 Å². The molecule has 0 bridgehead atoms. The van der Waals surface area contributed by atoms with Crippen molar-refractivity contribution >= 4 is 23.6 Å². The fourth-order valence-corrected chi connectivity index (χ4v) is 8.66. The Kier molecular flexibility index (Phi) is 20.1. The second-order valence-electron chi connectivity index (χ2n) is 16.9. The van der Waals surface area contributed by atoms with Gasteiger partial charge in [-0.2, -0.15) is 0 Å². The van der Waals surface area contributed by atoms with Crippen LogP contribution in [0.3, 0.4) is 0 Å². The topological polar surface area (TPSA) is 462 Å². The molecule has 0 saturated carbocycles. The van der Waals surface area contributed by atoms with Gasteiger partial charge in [-0.3, -0.25) is 19.2 Å². The van der Waals surface area contributed by atoms with Crippen LogP contribution in [-0.2, 0) is 61.8 Å². The number of rotatable bonds is 17. The van der Waals surface area contributed by atoms with Gasteiger partial charge in [0.15, 0.2) is 31.5 Å². The Bertz CT molecular complexity index is 1670. The summed E-state index contributed by atoms with van der Waals surface area (Å²) < 4.78 is 52.3. The van der Waals surface area contributed by atoms with Crippen molar-refractivity contribution in [1.82, 2.24) is 21.3 Å². The van der Waals surface area contributed by atoms with Crippen molar-refractivity contribution in [2.45, 2.75) is 181 Å². The SMILES string of the molecule is CC(=O)N[C@H]1[C@H](O[C@H]2[C@H](O)[C@@H](NC(C)=O)[C@H](O[C@H]3[C@H](O)[C@@H](NC(C)=O)[C@H](O[C@H]4[C@H](O)[C@@H](NC(C)=O)C(O)O[C@@H]4CO)O[C@@H]3CO)O[C@@H]2CO)O[C@H](CO)[C@@H](O[C@@H]2O[C@H](CO)[C@H](O)[C@H](O)[C@H]2O)[C@@H]1O. The lowest BCUT2D eigenvalue weighted by Crippen LogP contribution is -2.72. The molecule has 5 saturated heterocycles. The minimum Gasteiger partial charge on any atom is -0.394 e. The Hall–Kier alpha value is -3.00. The number of hydrogen-bond donors (Lipinski definition) is 17. The first-order valence-electron chi connectivity index (χ1n) is 21.6. The summed E-state index contributed by atoms with van der Waals surface area (Å²) in [6.07, 6.45) is -37.2. The molecule has 30 nitrogen and oxygen atoms in total. The van der Waals surface area contributed by atoms with Crippen molar-refractivity contribution < 1.29 is 128 Å². The molecule has 5 aliphatic heterocycles. The smallest absolute Gasteiger partial charge is 0.217 e. The Morgan fingerprint density at radius 3 is 0.926 bits per heavy atom. The Morgan fingerprint density at radius 1 is 0.353 bits per heavy atom. The first kappa shape index (κ1) is 55.9. The van der Waals surface area contributed by atoms with E-state index in [-0.39, 0.29) is 0 Å². The molecule has 30 heteroatoms. The second-order valence-corrected chi connectivity index (χ2v) is 16.9. The maximum absolute atomic E-state index is 12.6. The van der Waals surface area contributed by atoms with Crippen molar-refractivity contribution in [3.8, 4) is 0 Å². The van der Waals surface area contributed by atoms with E-state index in [1.165, 1.54) is 0 Å². The molecule has 0 spiro atoms. The zero-order valence-corrected chi connectivity index (χ0v) is 37.1. The van der Waals surface area contributed by atoms with Crippen LogP contribution < -0.4 is 21.3 Å². The fourth-order valence-electron chi connectivity index (χ4n) is 8.66. The Morgan fingerprint density at radius 2 is 0.618 bits per heavy atom. The van der Waals surface area contributed by atoms with E-state index in [0.717, 1.165) is 27.7 Å². The van der Waals surface area contributed by atoms with Gasteiger partial charge in [0.2, 0.25) is 23.6 Å². The summed E-state index contributed by atoms with van der Waals surface area (Å²) in [5, 5.41) is 148. The van der Waals surface area contributed by atoms with Crippen molar-refractivity contribution in [3.63, 3.8) is 0 Å². The van der Waals surface area contributed by atoms with Gasteiger partial charge in [-0.15, -0.1) is 0 Å². The molecule has 17 N–H and O–H groups in total. The van der Waals surface area contributed by atoms with Crippen LogP contribution in [0.15, 0.2) is 0 Å². The molecule has 5 heterocycles. The monoisotopic (exact) mass is 992 g/mol. The third kappa shape index (κ3) is 12.5. The molecule has 0 aliphatic carbocycles. The normalized spacial score (nSPS) is 45.5. The van der Waals surface area contributed by atoms with Crippen LogP contribution in [0.4, 0.5) is 0 Å². The highest BCUT2D eigenvalue weighted by Crippen LogP contribution is 2.36. The van der Waals surface area contributed by atoms with Crippen LogP contribution in [0, 0.1) is 0 Å². The molecule has 0 radical (unpaired) electrons. The molecule has 5 aliphatic rings. The largest absolute Gasteiger partial charge is 0.394 e. The van der Waals surface area contributed by atoms with E-state index in [0.29, 0.717) is 0 Å². The van der Waals surface area contributed by atoms with E-state index in [9.17, 15) is 85.6 Å². The highest BCUT2D eigenvalue weighted by molar-refractivity contribution is 5.74. The average molecular weight is 993 g/mol. The minimum atomic E-state index is -1.99. The van der Waals surface area contributed by atoms with Gasteiger partial charge in [0.25, 0.3) is 0 Å². The van der Waals surface area contributed by atoms with Gasteiger partial charge in [0.1, 0.15) is 122 Å². The van der Waals surface area contributed by atoms with Crippen LogP contribution in [0.1, 0.15) is 27.7 Å². The molecule has 25 atom stereocenters. The van der Waals surface area contributed by atoms with E-state index in [4.69, 9.17) is 42.6 Å². The number of ether oxygens (including phenoxy) is 9. The summed E-state index contributed by atoms with van der Waals surface area (Å²) in [6.45, 7) is -0.383. The predicted octanol–water partition coefficient (Wildman–Crippen LogP) is -11.3. The summed E-state index contributed by atoms with van der Waals surface area (Å²) in [7, 11) is 0. The number of carbonyl (C=O) groups excluding carboxylic acids is 4. The van der Waals surface area contributed by atoms with Gasteiger partial charge < -0.3 is 130 Å². The Balaban J connectivity index is 1.38. The summed E-state index contributed by atoms with van der Waals surface area (Å²) in [6, 6.07) is -6.52. The van der Waals surface area contributed by atoms with Crippen LogP contribution in [-0.4, -0.2) is 276 Å². The minimum absolute atomic E-state index is 0.686. The van der Waals surface area contributed by atoms with Crippen molar-refractivity contribution in [3.05, 3.63) is 0 Å². The number of nitrogens with one attached hydrogen (secondary N) is 4. The maximum Gasteiger partial charge on any atom is 0.217 e. The summed E-state index contributed by atoms with van der Waals surface area (Å²) >= 11 is 0. The molecule has 0 aromatic heterocycles. The Labute approximate surface area is 386 Å². The molecule has 392 valence electrons. The van der Waals surface area contributed by atoms with Crippen molar-refractivity contribution in [1.29, 1.82) is 0 Å². The van der Waals surface area contributed by atoms with E-state index in [1.54, 1.807) is 0 Å². The van der Waals surface area contributed by atoms with Gasteiger partial charge in [-0.25, -0.2) is 0 Å². The molecule has 5 rings (SSSR count).